The van der Waals surface area contributed by atoms with Crippen LogP contribution in [0.25, 0.3) is 0 Å². The van der Waals surface area contributed by atoms with Gasteiger partial charge in [0, 0.05) is 6.54 Å². The van der Waals surface area contributed by atoms with Crippen molar-refractivity contribution in [3.8, 4) is 11.5 Å². The summed E-state index contributed by atoms with van der Waals surface area (Å²) in [5.74, 6) is 0.719. The van der Waals surface area contributed by atoms with Crippen molar-refractivity contribution in [3.05, 3.63) is 23.8 Å². The lowest BCUT2D eigenvalue weighted by atomic mass is 10.1. The molecule has 106 valence electrons. The van der Waals surface area contributed by atoms with E-state index in [2.05, 4.69) is 0 Å². The van der Waals surface area contributed by atoms with Gasteiger partial charge in [0.25, 0.3) is 0 Å². The molecule has 0 atom stereocenters. The summed E-state index contributed by atoms with van der Waals surface area (Å²) in [5, 5.41) is 0. The second kappa shape index (κ2) is 4.92. The average molecular weight is 275 g/mol. The highest BCUT2D eigenvalue weighted by Crippen LogP contribution is 2.57. The van der Waals surface area contributed by atoms with E-state index in [1.54, 1.807) is 18.2 Å². The molecule has 19 heavy (non-hydrogen) atoms. The maximum atomic E-state index is 12.8. The first-order valence-electron chi connectivity index (χ1n) is 5.98. The summed E-state index contributed by atoms with van der Waals surface area (Å²) in [6.45, 7) is -0.0777. The van der Waals surface area contributed by atoms with Crippen molar-refractivity contribution in [1.29, 1.82) is 0 Å². The first kappa shape index (κ1) is 14.0. The maximum Gasteiger partial charge on any atom is 0.397 e. The van der Waals surface area contributed by atoms with Crippen molar-refractivity contribution in [2.24, 2.45) is 11.1 Å². The third kappa shape index (κ3) is 2.78. The quantitative estimate of drug-likeness (QED) is 0.898. The monoisotopic (exact) mass is 275 g/mol. The van der Waals surface area contributed by atoms with E-state index < -0.39 is 11.6 Å². The lowest BCUT2D eigenvalue weighted by Crippen LogP contribution is -2.30. The van der Waals surface area contributed by atoms with Gasteiger partial charge < -0.3 is 15.2 Å². The Balaban J connectivity index is 2.11. The van der Waals surface area contributed by atoms with E-state index in [-0.39, 0.29) is 19.4 Å². The van der Waals surface area contributed by atoms with Crippen LogP contribution in [0.3, 0.4) is 0 Å². The molecule has 1 saturated carbocycles. The van der Waals surface area contributed by atoms with E-state index >= 15 is 0 Å². The Morgan fingerprint density at radius 2 is 1.95 bits per heavy atom. The topological polar surface area (TPSA) is 44.5 Å². The van der Waals surface area contributed by atoms with Crippen LogP contribution in [0.1, 0.15) is 18.4 Å². The molecule has 1 aliphatic carbocycles. The molecule has 2 rings (SSSR count). The summed E-state index contributed by atoms with van der Waals surface area (Å²) in [6, 6.07) is 5.01. The van der Waals surface area contributed by atoms with E-state index in [1.807, 2.05) is 0 Å². The molecule has 1 aromatic rings. The number of rotatable bonds is 5. The molecule has 0 aromatic heterocycles. The Morgan fingerprint density at radius 1 is 1.26 bits per heavy atom. The number of benzene rings is 1. The number of nitrogens with two attached hydrogens (primary N) is 1. The van der Waals surface area contributed by atoms with Crippen LogP contribution in [0.2, 0.25) is 0 Å². The van der Waals surface area contributed by atoms with Crippen molar-refractivity contribution in [1.82, 2.24) is 0 Å². The second-order valence-corrected chi connectivity index (χ2v) is 4.76. The molecule has 1 aliphatic rings. The number of ether oxygens (including phenoxy) is 2. The average Bonchev–Trinajstić information content (AvgIpc) is 3.16. The molecule has 6 heteroatoms. The standard InChI is InChI=1S/C13H16F3NO2/c1-18-10-3-2-9(7-17)6-11(10)19-8-12(4-5-12)13(14,15)16/h2-3,6H,4-5,7-8,17H2,1H3. The molecule has 0 aliphatic heterocycles. The van der Waals surface area contributed by atoms with Crippen molar-refractivity contribution < 1.29 is 22.6 Å². The third-order valence-corrected chi connectivity index (χ3v) is 3.42. The predicted molar refractivity (Wildman–Crippen MR) is 64.1 cm³/mol. The van der Waals surface area contributed by atoms with Crippen LogP contribution in [0.15, 0.2) is 18.2 Å². The van der Waals surface area contributed by atoms with Crippen molar-refractivity contribution in [3.63, 3.8) is 0 Å². The Morgan fingerprint density at radius 3 is 2.42 bits per heavy atom. The number of methoxy groups -OCH3 is 1. The van der Waals surface area contributed by atoms with Gasteiger partial charge in [0.05, 0.1) is 7.11 Å². The molecule has 0 amide bonds. The Kier molecular flexibility index (Phi) is 3.62. The van der Waals surface area contributed by atoms with E-state index in [4.69, 9.17) is 15.2 Å². The number of halogens is 3. The number of hydrogen-bond acceptors (Lipinski definition) is 3. The lowest BCUT2D eigenvalue weighted by molar-refractivity contribution is -0.194. The molecule has 0 spiro atoms. The lowest BCUT2D eigenvalue weighted by Gasteiger charge is -2.20. The van der Waals surface area contributed by atoms with Crippen LogP contribution in [0, 0.1) is 5.41 Å². The smallest absolute Gasteiger partial charge is 0.397 e. The van der Waals surface area contributed by atoms with Crippen LogP contribution < -0.4 is 15.2 Å². The van der Waals surface area contributed by atoms with Gasteiger partial charge in [0.1, 0.15) is 12.0 Å². The van der Waals surface area contributed by atoms with Crippen LogP contribution in [0.5, 0.6) is 11.5 Å². The minimum Gasteiger partial charge on any atom is -0.493 e. The highest BCUT2D eigenvalue weighted by atomic mass is 19.4. The minimum atomic E-state index is -4.22. The fraction of sp³-hybridized carbons (Fsp3) is 0.538. The van der Waals surface area contributed by atoms with Gasteiger partial charge in [-0.2, -0.15) is 13.2 Å². The van der Waals surface area contributed by atoms with Gasteiger partial charge in [-0.05, 0) is 30.5 Å². The molecular weight excluding hydrogens is 259 g/mol. The second-order valence-electron chi connectivity index (χ2n) is 4.76. The summed E-state index contributed by atoms with van der Waals surface area (Å²) >= 11 is 0. The molecule has 1 aromatic carbocycles. The third-order valence-electron chi connectivity index (χ3n) is 3.42. The number of alkyl halides is 3. The fourth-order valence-corrected chi connectivity index (χ4v) is 1.84. The maximum absolute atomic E-state index is 12.8. The molecule has 1 fully saturated rings. The zero-order valence-electron chi connectivity index (χ0n) is 10.6. The highest BCUT2D eigenvalue weighted by molar-refractivity contribution is 5.43. The molecule has 0 bridgehead atoms. The van der Waals surface area contributed by atoms with Crippen molar-refractivity contribution >= 4 is 0 Å². The predicted octanol–water partition coefficient (Wildman–Crippen LogP) is 2.88. The van der Waals surface area contributed by atoms with Gasteiger partial charge in [-0.3, -0.25) is 0 Å². The fourth-order valence-electron chi connectivity index (χ4n) is 1.84. The SMILES string of the molecule is COc1ccc(CN)cc1OCC1(C(F)(F)F)CC1. The van der Waals surface area contributed by atoms with E-state index in [0.717, 1.165) is 5.56 Å². The molecule has 2 N–H and O–H groups in total. The normalized spacial score (nSPS) is 17.1. The van der Waals surface area contributed by atoms with Gasteiger partial charge in [0.15, 0.2) is 11.5 Å². The van der Waals surface area contributed by atoms with Gasteiger partial charge in [-0.15, -0.1) is 0 Å². The zero-order valence-corrected chi connectivity index (χ0v) is 10.6. The Bertz CT molecular complexity index is 456. The Hall–Kier alpha value is -1.43. The van der Waals surface area contributed by atoms with Crippen LogP contribution in [-0.4, -0.2) is 19.9 Å². The Labute approximate surface area is 109 Å². The van der Waals surface area contributed by atoms with E-state index in [1.165, 1.54) is 7.11 Å². The largest absolute Gasteiger partial charge is 0.493 e. The van der Waals surface area contributed by atoms with Gasteiger partial charge >= 0.3 is 6.18 Å². The van der Waals surface area contributed by atoms with Gasteiger partial charge in [-0.25, -0.2) is 0 Å². The summed E-state index contributed by atoms with van der Waals surface area (Å²) in [7, 11) is 1.45. The molecule has 0 heterocycles. The minimum absolute atomic E-state index is 0.120. The van der Waals surface area contributed by atoms with Crippen LogP contribution >= 0.6 is 0 Å². The van der Waals surface area contributed by atoms with Gasteiger partial charge in [-0.1, -0.05) is 6.07 Å². The van der Waals surface area contributed by atoms with Crippen LogP contribution in [0.4, 0.5) is 13.2 Å². The highest BCUT2D eigenvalue weighted by Gasteiger charge is 2.63. The first-order valence-corrected chi connectivity index (χ1v) is 5.98. The summed E-state index contributed by atoms with van der Waals surface area (Å²) in [4.78, 5) is 0. The molecular formula is C13H16F3NO2. The molecule has 0 saturated heterocycles. The molecule has 3 nitrogen and oxygen atoms in total. The number of hydrogen-bond donors (Lipinski definition) is 1. The summed E-state index contributed by atoms with van der Waals surface area (Å²) in [5.41, 5.74) is 4.60. The summed E-state index contributed by atoms with van der Waals surface area (Å²) < 4.78 is 48.8. The molecule has 0 unspecified atom stereocenters. The zero-order chi connectivity index (χ0) is 14.1. The summed E-state index contributed by atoms with van der Waals surface area (Å²) in [6.07, 6.45) is -3.98. The molecule has 0 radical (unpaired) electrons. The van der Waals surface area contributed by atoms with Crippen molar-refractivity contribution in [2.75, 3.05) is 13.7 Å². The van der Waals surface area contributed by atoms with Crippen molar-refractivity contribution in [2.45, 2.75) is 25.6 Å². The van der Waals surface area contributed by atoms with Gasteiger partial charge in [0.2, 0.25) is 0 Å². The van der Waals surface area contributed by atoms with E-state index in [0.29, 0.717) is 18.0 Å². The van der Waals surface area contributed by atoms with E-state index in [9.17, 15) is 13.2 Å². The van der Waals surface area contributed by atoms with Crippen LogP contribution in [-0.2, 0) is 6.54 Å². The first-order chi connectivity index (χ1) is 8.92.